The first kappa shape index (κ1) is 12.3. The molecule has 2 N–H and O–H groups in total. The molecule has 0 bridgehead atoms. The van der Waals surface area contributed by atoms with Gasteiger partial charge in [0.15, 0.2) is 11.5 Å². The van der Waals surface area contributed by atoms with Gasteiger partial charge in [-0.05, 0) is 47.9 Å². The standard InChI is InChI=1S/C24H38N2O4/c1-14(2)9-17-13-26-8-7-16-10-21(28-5)22(29-6)11-18(16)19(26)12-20(17)30-24(27)23(25)15(3)4/h10-11,14-15,17,19-20,23H,7-9,12-13,25H2,1-6H3/t17?,19?,20?,23-/m0/s1/i1D3,5D3,9D2,14D,19D,20D/t14?,17?,19?,20?,23-. The van der Waals surface area contributed by atoms with E-state index in [1.165, 1.54) is 19.2 Å². The van der Waals surface area contributed by atoms with E-state index in [1.807, 2.05) is 0 Å². The topological polar surface area (TPSA) is 74.0 Å². The Kier molecular flexibility index (Phi) is 3.92. The van der Waals surface area contributed by atoms with E-state index >= 15 is 0 Å². The first-order valence-corrected chi connectivity index (χ1v) is 10.1. The van der Waals surface area contributed by atoms with Gasteiger partial charge in [0, 0.05) is 39.7 Å². The smallest absolute Gasteiger partial charge is 0.323 e. The Morgan fingerprint density at radius 1 is 1.40 bits per heavy atom. The van der Waals surface area contributed by atoms with Crippen LogP contribution in [0.2, 0.25) is 0 Å². The molecule has 2 heterocycles. The Labute approximate surface area is 196 Å². The van der Waals surface area contributed by atoms with Crippen LogP contribution in [0, 0.1) is 17.7 Å². The lowest BCUT2D eigenvalue weighted by Gasteiger charge is -2.47. The highest BCUT2D eigenvalue weighted by Crippen LogP contribution is 2.44. The van der Waals surface area contributed by atoms with Crippen LogP contribution in [0.4, 0.5) is 0 Å². The predicted molar refractivity (Wildman–Crippen MR) is 118 cm³/mol. The van der Waals surface area contributed by atoms with Gasteiger partial charge in [0.2, 0.25) is 0 Å². The summed E-state index contributed by atoms with van der Waals surface area (Å²) in [6.45, 7) is 0.919. The van der Waals surface area contributed by atoms with Crippen molar-refractivity contribution in [2.75, 3.05) is 27.2 Å². The molecule has 2 aliphatic rings. The second-order valence-electron chi connectivity index (χ2n) is 8.06. The first-order valence-electron chi connectivity index (χ1n) is 15.6. The molecule has 0 aromatic heterocycles. The van der Waals surface area contributed by atoms with E-state index in [2.05, 4.69) is 0 Å². The first-order chi connectivity index (χ1) is 18.4. The molecule has 168 valence electrons. The normalized spacial score (nSPS) is 38.5. The summed E-state index contributed by atoms with van der Waals surface area (Å²) in [5, 5.41) is 0. The summed E-state index contributed by atoms with van der Waals surface area (Å²) in [5.74, 6) is -5.82. The van der Waals surface area contributed by atoms with Crippen molar-refractivity contribution < 1.29 is 34.1 Å². The average molecular weight is 430 g/mol. The number of nitrogens with zero attached hydrogens (tertiary/aromatic N) is 1. The van der Waals surface area contributed by atoms with Crippen molar-refractivity contribution in [1.82, 2.24) is 4.90 Å². The number of hydrogen-bond acceptors (Lipinski definition) is 6. The molecule has 3 rings (SSSR count). The fourth-order valence-electron chi connectivity index (χ4n) is 3.86. The number of ether oxygens (including phenoxy) is 3. The second-order valence-corrected chi connectivity index (χ2v) is 8.06. The number of esters is 1. The van der Waals surface area contributed by atoms with Crippen LogP contribution in [0.15, 0.2) is 12.1 Å². The number of carbonyl (C=O) groups excluding carboxylic acids is 1. The van der Waals surface area contributed by atoms with Crippen LogP contribution < -0.4 is 15.2 Å². The zero-order valence-corrected chi connectivity index (χ0v) is 17.9. The van der Waals surface area contributed by atoms with Crippen LogP contribution in [0.1, 0.15) is 72.6 Å². The molecule has 5 atom stereocenters. The molecular weight excluding hydrogens is 380 g/mol. The Hall–Kier alpha value is -1.79. The highest BCUT2D eigenvalue weighted by molar-refractivity contribution is 5.76. The molecule has 1 fully saturated rings. The number of methoxy groups -OCH3 is 2. The van der Waals surface area contributed by atoms with Crippen LogP contribution in [0.5, 0.6) is 11.5 Å². The van der Waals surface area contributed by atoms with Crippen molar-refractivity contribution in [1.29, 1.82) is 0 Å². The van der Waals surface area contributed by atoms with Gasteiger partial charge in [0.05, 0.1) is 21.0 Å². The fraction of sp³-hybridized carbons (Fsp3) is 0.708. The SMILES string of the molecule is [2H]C([2H])([2H])Oc1cc2c(cc1OC)C1([2H])CC([2H])(OC(=O)[C@@H](N)C(C)C)C(C([2H])([2H])C([2H])(C)C([2H])([2H])[2H])CN1CC2. The number of rotatable bonds is 7. The van der Waals surface area contributed by atoms with E-state index in [0.29, 0.717) is 11.1 Å². The van der Waals surface area contributed by atoms with Gasteiger partial charge in [-0.2, -0.15) is 0 Å². The average Bonchev–Trinajstić information content (AvgIpc) is 2.80. The number of hydrogen-bond donors (Lipinski definition) is 1. The maximum Gasteiger partial charge on any atom is 0.323 e. The summed E-state index contributed by atoms with van der Waals surface area (Å²) in [4.78, 5) is 14.6. The van der Waals surface area contributed by atoms with Crippen LogP contribution in [0.25, 0.3) is 0 Å². The summed E-state index contributed by atoms with van der Waals surface area (Å²) in [7, 11) is -1.47. The van der Waals surface area contributed by atoms with Gasteiger partial charge in [-0.25, -0.2) is 0 Å². The molecule has 2 aliphatic heterocycles. The third-order valence-electron chi connectivity index (χ3n) is 5.59. The van der Waals surface area contributed by atoms with Gasteiger partial charge in [0.25, 0.3) is 0 Å². The minimum absolute atomic E-state index is 0.0151. The van der Waals surface area contributed by atoms with Gasteiger partial charge in [-0.3, -0.25) is 9.69 Å². The van der Waals surface area contributed by atoms with Gasteiger partial charge in [0.1, 0.15) is 12.1 Å². The van der Waals surface area contributed by atoms with Gasteiger partial charge < -0.3 is 19.9 Å². The number of nitrogens with two attached hydrogens (primary N) is 1. The summed E-state index contributed by atoms with van der Waals surface area (Å²) >= 11 is 0. The lowest BCUT2D eigenvalue weighted by atomic mass is 9.79. The lowest BCUT2D eigenvalue weighted by molar-refractivity contribution is -0.160. The van der Waals surface area contributed by atoms with E-state index in [1.54, 1.807) is 18.7 Å². The summed E-state index contributed by atoms with van der Waals surface area (Å²) in [6, 6.07) is -0.105. The molecule has 0 radical (unpaired) electrons. The minimum atomic E-state index is -3.09. The third-order valence-corrected chi connectivity index (χ3v) is 5.59. The molecule has 0 spiro atoms. The zero-order valence-electron chi connectivity index (χ0n) is 28.9. The largest absolute Gasteiger partial charge is 0.493 e. The maximum absolute atomic E-state index is 13.1. The Balaban J connectivity index is 2.18. The molecule has 6 nitrogen and oxygen atoms in total. The minimum Gasteiger partial charge on any atom is -0.493 e. The highest BCUT2D eigenvalue weighted by atomic mass is 16.5. The monoisotopic (exact) mass is 429 g/mol. The van der Waals surface area contributed by atoms with Gasteiger partial charge in [-0.15, -0.1) is 0 Å². The van der Waals surface area contributed by atoms with Crippen molar-refractivity contribution in [3.63, 3.8) is 0 Å². The van der Waals surface area contributed by atoms with Crippen LogP contribution in [-0.2, 0) is 16.0 Å². The molecule has 1 saturated heterocycles. The Morgan fingerprint density at radius 2 is 2.17 bits per heavy atom. The third kappa shape index (κ3) is 4.75. The van der Waals surface area contributed by atoms with Crippen LogP contribution in [0.3, 0.4) is 0 Å². The molecule has 4 unspecified atom stereocenters. The predicted octanol–water partition coefficient (Wildman–Crippen LogP) is 3.56. The molecule has 1 aromatic rings. The Bertz CT molecular complexity index is 1160. The van der Waals surface area contributed by atoms with Crippen molar-refractivity contribution in [2.24, 2.45) is 23.5 Å². The quantitative estimate of drug-likeness (QED) is 0.668. The number of piperidine rings is 1. The van der Waals surface area contributed by atoms with Crippen LogP contribution in [-0.4, -0.2) is 50.2 Å². The Morgan fingerprint density at radius 3 is 2.83 bits per heavy atom. The molecule has 0 saturated carbocycles. The van der Waals surface area contributed by atoms with Crippen molar-refractivity contribution >= 4 is 5.97 Å². The molecular formula is C24H38N2O4. The van der Waals surface area contributed by atoms with Gasteiger partial charge in [-0.1, -0.05) is 27.6 Å². The molecule has 30 heavy (non-hydrogen) atoms. The van der Waals surface area contributed by atoms with Gasteiger partial charge >= 0.3 is 5.97 Å². The van der Waals surface area contributed by atoms with E-state index in [9.17, 15) is 7.54 Å². The fourth-order valence-corrected chi connectivity index (χ4v) is 3.86. The highest BCUT2D eigenvalue weighted by Gasteiger charge is 2.41. The van der Waals surface area contributed by atoms with Crippen LogP contribution >= 0.6 is 0 Å². The molecule has 0 amide bonds. The maximum atomic E-state index is 13.1. The second kappa shape index (κ2) is 9.56. The summed E-state index contributed by atoms with van der Waals surface area (Å²) < 4.78 is 107. The molecule has 6 heteroatoms. The van der Waals surface area contributed by atoms with E-state index < -0.39 is 68.5 Å². The summed E-state index contributed by atoms with van der Waals surface area (Å²) in [6.07, 6.45) is -5.73. The lowest BCUT2D eigenvalue weighted by Crippen LogP contribution is -2.51. The van der Waals surface area contributed by atoms with Crippen molar-refractivity contribution in [2.45, 2.75) is 65.0 Å². The molecule has 1 aromatic carbocycles. The molecule has 0 aliphatic carbocycles. The number of benzene rings is 1. The number of fused-ring (bicyclic) bond motifs is 3. The van der Waals surface area contributed by atoms with Crippen molar-refractivity contribution in [3.8, 4) is 11.5 Å². The number of carbonyl (C=O) groups is 1. The van der Waals surface area contributed by atoms with E-state index in [0.717, 1.165) is 6.92 Å². The summed E-state index contributed by atoms with van der Waals surface area (Å²) in [5.41, 5.74) is 6.81. The zero-order chi connectivity index (χ0) is 31.6. The van der Waals surface area contributed by atoms with Crippen molar-refractivity contribution in [3.05, 3.63) is 23.3 Å². The van der Waals surface area contributed by atoms with E-state index in [-0.39, 0.29) is 31.0 Å². The van der Waals surface area contributed by atoms with E-state index in [4.69, 9.17) is 32.3 Å².